The van der Waals surface area contributed by atoms with E-state index in [2.05, 4.69) is 6.92 Å². The van der Waals surface area contributed by atoms with Crippen LogP contribution >= 0.6 is 0 Å². The fourth-order valence-electron chi connectivity index (χ4n) is 1.25. The molecule has 0 saturated carbocycles. The number of cyclic esters (lactones) is 1. The first-order valence-electron chi connectivity index (χ1n) is 4.98. The molecule has 1 aliphatic heterocycles. The molecule has 3 heteroatoms. The Labute approximate surface area is 84.1 Å². The highest BCUT2D eigenvalue weighted by molar-refractivity contribution is 5.93. The van der Waals surface area contributed by atoms with Crippen molar-refractivity contribution in [3.05, 3.63) is 23.8 Å². The number of hydrogen-bond donors (Lipinski definition) is 1. The summed E-state index contributed by atoms with van der Waals surface area (Å²) in [6.07, 6.45) is 8.20. The van der Waals surface area contributed by atoms with Crippen LogP contribution in [0, 0.1) is 0 Å². The minimum atomic E-state index is -0.451. The van der Waals surface area contributed by atoms with Crippen molar-refractivity contribution in [2.24, 2.45) is 0 Å². The first-order valence-corrected chi connectivity index (χ1v) is 4.98. The number of carbonyl (C=O) groups excluding carboxylic acids is 1. The van der Waals surface area contributed by atoms with E-state index in [9.17, 15) is 4.79 Å². The molecule has 1 aliphatic rings. The highest BCUT2D eigenvalue weighted by atomic mass is 16.6. The molecule has 0 aromatic carbocycles. The van der Waals surface area contributed by atoms with Crippen molar-refractivity contribution in [3.8, 4) is 0 Å². The summed E-state index contributed by atoms with van der Waals surface area (Å²) in [5, 5.41) is 8.77. The minimum Gasteiger partial charge on any atom is -0.452 e. The molecule has 78 valence electrons. The van der Waals surface area contributed by atoms with Crippen LogP contribution in [0.3, 0.4) is 0 Å². The van der Waals surface area contributed by atoms with Crippen LogP contribution < -0.4 is 0 Å². The molecule has 14 heavy (non-hydrogen) atoms. The van der Waals surface area contributed by atoms with Gasteiger partial charge in [0.05, 0.1) is 12.2 Å². The highest BCUT2D eigenvalue weighted by Crippen LogP contribution is 2.14. The lowest BCUT2D eigenvalue weighted by atomic mass is 10.2. The van der Waals surface area contributed by atoms with Crippen LogP contribution in [0.4, 0.5) is 0 Å². The largest absolute Gasteiger partial charge is 0.452 e. The molecule has 1 atom stereocenters. The molecule has 0 aliphatic carbocycles. The van der Waals surface area contributed by atoms with E-state index in [-0.39, 0.29) is 12.6 Å². The van der Waals surface area contributed by atoms with Crippen LogP contribution in [-0.4, -0.2) is 23.8 Å². The maximum absolute atomic E-state index is 11.2. The molecule has 0 amide bonds. The average molecular weight is 196 g/mol. The van der Waals surface area contributed by atoms with Gasteiger partial charge in [0.15, 0.2) is 0 Å². The number of ether oxygens (including phenoxy) is 1. The van der Waals surface area contributed by atoms with Gasteiger partial charge in [0.2, 0.25) is 0 Å². The average Bonchev–Trinajstić information content (AvgIpc) is 2.54. The van der Waals surface area contributed by atoms with E-state index >= 15 is 0 Å². The summed E-state index contributed by atoms with van der Waals surface area (Å²) in [5.41, 5.74) is 0.556. The number of carbonyl (C=O) groups is 1. The fraction of sp³-hybridized carbons (Fsp3) is 0.545. The molecule has 0 bridgehead atoms. The third kappa shape index (κ3) is 3.00. The second-order valence-corrected chi connectivity index (χ2v) is 3.29. The van der Waals surface area contributed by atoms with E-state index < -0.39 is 6.10 Å². The fourth-order valence-corrected chi connectivity index (χ4v) is 1.25. The van der Waals surface area contributed by atoms with Crippen LogP contribution in [0.1, 0.15) is 26.2 Å². The van der Waals surface area contributed by atoms with Gasteiger partial charge in [-0.1, -0.05) is 31.9 Å². The van der Waals surface area contributed by atoms with Crippen LogP contribution in [0.15, 0.2) is 23.8 Å². The van der Waals surface area contributed by atoms with Crippen molar-refractivity contribution >= 4 is 5.97 Å². The lowest BCUT2D eigenvalue weighted by Gasteiger charge is -2.00. The number of unbranched alkanes of at least 4 members (excludes halogenated alkanes) is 2. The smallest absolute Gasteiger partial charge is 0.338 e. The van der Waals surface area contributed by atoms with Crippen molar-refractivity contribution in [2.45, 2.75) is 32.3 Å². The molecule has 0 spiro atoms. The van der Waals surface area contributed by atoms with Crippen molar-refractivity contribution < 1.29 is 14.6 Å². The van der Waals surface area contributed by atoms with Crippen molar-refractivity contribution in [2.75, 3.05) is 6.61 Å². The lowest BCUT2D eigenvalue weighted by Crippen LogP contribution is -2.11. The Bertz CT molecular complexity index is 253. The Morgan fingerprint density at radius 3 is 3.00 bits per heavy atom. The number of rotatable bonds is 5. The molecular formula is C11H16O3. The van der Waals surface area contributed by atoms with Crippen LogP contribution in [-0.2, 0) is 9.53 Å². The van der Waals surface area contributed by atoms with Crippen LogP contribution in [0.25, 0.3) is 0 Å². The monoisotopic (exact) mass is 196 g/mol. The van der Waals surface area contributed by atoms with Gasteiger partial charge in [-0.3, -0.25) is 0 Å². The van der Waals surface area contributed by atoms with E-state index in [1.165, 1.54) is 0 Å². The van der Waals surface area contributed by atoms with Gasteiger partial charge in [0, 0.05) is 0 Å². The van der Waals surface area contributed by atoms with Crippen molar-refractivity contribution in [1.82, 2.24) is 0 Å². The Hall–Kier alpha value is -1.09. The van der Waals surface area contributed by atoms with Gasteiger partial charge < -0.3 is 9.84 Å². The molecule has 0 saturated heterocycles. The zero-order valence-corrected chi connectivity index (χ0v) is 8.40. The maximum Gasteiger partial charge on any atom is 0.338 e. The third-order valence-corrected chi connectivity index (χ3v) is 2.06. The van der Waals surface area contributed by atoms with Crippen LogP contribution in [0.5, 0.6) is 0 Å². The highest BCUT2D eigenvalue weighted by Gasteiger charge is 2.22. The molecular weight excluding hydrogens is 180 g/mol. The van der Waals surface area contributed by atoms with E-state index in [0.29, 0.717) is 5.57 Å². The van der Waals surface area contributed by atoms with Gasteiger partial charge in [-0.25, -0.2) is 4.79 Å². The first kappa shape index (κ1) is 11.0. The zero-order valence-electron chi connectivity index (χ0n) is 8.40. The normalized spacial score (nSPS) is 21.4. The van der Waals surface area contributed by atoms with E-state index in [4.69, 9.17) is 9.84 Å². The summed E-state index contributed by atoms with van der Waals surface area (Å²) < 4.78 is 4.85. The van der Waals surface area contributed by atoms with Gasteiger partial charge in [-0.2, -0.15) is 0 Å². The number of allylic oxidation sites excluding steroid dienone is 1. The summed E-state index contributed by atoms with van der Waals surface area (Å²) in [6, 6.07) is 0. The van der Waals surface area contributed by atoms with E-state index in [1.54, 1.807) is 12.2 Å². The van der Waals surface area contributed by atoms with E-state index in [0.717, 1.165) is 19.3 Å². The summed E-state index contributed by atoms with van der Waals surface area (Å²) in [5.74, 6) is -0.336. The number of esters is 1. The molecule has 0 aromatic heterocycles. The Balaban J connectivity index is 2.43. The molecule has 0 aromatic rings. The molecule has 1 heterocycles. The van der Waals surface area contributed by atoms with Gasteiger partial charge in [0.1, 0.15) is 6.10 Å². The summed E-state index contributed by atoms with van der Waals surface area (Å²) in [6.45, 7) is 1.98. The molecule has 0 fully saturated rings. The molecule has 3 nitrogen and oxygen atoms in total. The maximum atomic E-state index is 11.2. The molecule has 1 unspecified atom stereocenters. The second-order valence-electron chi connectivity index (χ2n) is 3.29. The second kappa shape index (κ2) is 5.60. The van der Waals surface area contributed by atoms with E-state index in [1.807, 2.05) is 6.08 Å². The summed E-state index contributed by atoms with van der Waals surface area (Å²) in [4.78, 5) is 11.2. The number of hydrogen-bond acceptors (Lipinski definition) is 3. The zero-order chi connectivity index (χ0) is 10.4. The Morgan fingerprint density at radius 1 is 1.64 bits per heavy atom. The standard InChI is InChI=1S/C11H16O3/c1-2-3-4-5-6-9-7-10(8-12)14-11(9)13/h5-7,10,12H,2-4,8H2,1H3. The first-order chi connectivity index (χ1) is 6.77. The van der Waals surface area contributed by atoms with Gasteiger partial charge in [-0.05, 0) is 12.5 Å². The Kier molecular flexibility index (Phi) is 4.40. The Morgan fingerprint density at radius 2 is 2.43 bits per heavy atom. The topological polar surface area (TPSA) is 46.5 Å². The summed E-state index contributed by atoms with van der Waals surface area (Å²) >= 11 is 0. The number of aliphatic hydroxyl groups excluding tert-OH is 1. The molecule has 0 radical (unpaired) electrons. The van der Waals surface area contributed by atoms with Gasteiger partial charge in [-0.15, -0.1) is 0 Å². The lowest BCUT2D eigenvalue weighted by molar-refractivity contribution is -0.140. The molecule has 1 N–H and O–H groups in total. The van der Waals surface area contributed by atoms with Crippen LogP contribution in [0.2, 0.25) is 0 Å². The quantitative estimate of drug-likeness (QED) is 0.536. The number of aliphatic hydroxyl groups is 1. The van der Waals surface area contributed by atoms with Gasteiger partial charge >= 0.3 is 5.97 Å². The van der Waals surface area contributed by atoms with Crippen molar-refractivity contribution in [3.63, 3.8) is 0 Å². The van der Waals surface area contributed by atoms with Gasteiger partial charge in [0.25, 0.3) is 0 Å². The molecule has 1 rings (SSSR count). The predicted molar refractivity (Wildman–Crippen MR) is 53.7 cm³/mol. The summed E-state index contributed by atoms with van der Waals surface area (Å²) in [7, 11) is 0. The van der Waals surface area contributed by atoms with Crippen molar-refractivity contribution in [1.29, 1.82) is 0 Å². The SMILES string of the molecule is CCCCC=CC1=CC(CO)OC1=O. The predicted octanol–water partition coefficient (Wildman–Crippen LogP) is 1.58. The minimum absolute atomic E-state index is 0.141. The third-order valence-electron chi connectivity index (χ3n) is 2.06.